The van der Waals surface area contributed by atoms with E-state index in [-0.39, 0.29) is 21.1 Å². The Morgan fingerprint density at radius 3 is 1.95 bits per heavy atom. The standard InChI is InChI=1S/C17H24N2.Pt/c1-11(2)15-7-13(5)17(14(6)8-15)16-9-18-19(10-16)12(3)4;/h7-12H,1-6H3;. The minimum absolute atomic E-state index is 0. The number of hydrogen-bond donors (Lipinski definition) is 0. The molecule has 0 spiro atoms. The van der Waals surface area contributed by atoms with Crippen molar-refractivity contribution in [3.63, 3.8) is 0 Å². The molecule has 2 nitrogen and oxygen atoms in total. The monoisotopic (exact) mass is 451 g/mol. The van der Waals surface area contributed by atoms with Gasteiger partial charge in [0, 0.05) is 38.9 Å². The molecular formula is C17H24N2Pt. The van der Waals surface area contributed by atoms with Gasteiger partial charge in [0.25, 0.3) is 0 Å². The van der Waals surface area contributed by atoms with Crippen molar-refractivity contribution < 1.29 is 21.1 Å². The first-order chi connectivity index (χ1) is 8.90. The molecule has 2 rings (SSSR count). The van der Waals surface area contributed by atoms with Crippen molar-refractivity contribution in [3.8, 4) is 11.1 Å². The minimum atomic E-state index is 0. The Bertz CT molecular complexity index is 559. The molecule has 0 amide bonds. The summed E-state index contributed by atoms with van der Waals surface area (Å²) in [6.07, 6.45) is 4.12. The zero-order valence-corrected chi connectivity index (χ0v) is 15.4. The summed E-state index contributed by atoms with van der Waals surface area (Å²) in [6.45, 7) is 13.2. The van der Waals surface area contributed by atoms with Gasteiger partial charge in [0.05, 0.1) is 6.20 Å². The van der Waals surface area contributed by atoms with Gasteiger partial charge in [0.1, 0.15) is 0 Å². The Hall–Kier alpha value is -0.882. The van der Waals surface area contributed by atoms with Crippen LogP contribution >= 0.6 is 0 Å². The van der Waals surface area contributed by atoms with E-state index in [2.05, 4.69) is 65.0 Å². The molecule has 0 atom stereocenters. The number of aryl methyl sites for hydroxylation is 2. The SMILES string of the molecule is Cc1cc(C(C)C)cc(C)c1-c1cnn(C(C)C)c1.[Pt]. The zero-order valence-electron chi connectivity index (χ0n) is 13.2. The molecule has 3 heteroatoms. The van der Waals surface area contributed by atoms with Gasteiger partial charge in [-0.1, -0.05) is 26.0 Å². The summed E-state index contributed by atoms with van der Waals surface area (Å²) in [5.74, 6) is 0.574. The Morgan fingerprint density at radius 1 is 1.00 bits per heavy atom. The molecule has 1 heterocycles. The van der Waals surface area contributed by atoms with E-state index in [9.17, 15) is 0 Å². The summed E-state index contributed by atoms with van der Waals surface area (Å²) < 4.78 is 2.02. The van der Waals surface area contributed by atoms with Gasteiger partial charge in [-0.25, -0.2) is 0 Å². The Morgan fingerprint density at radius 2 is 1.55 bits per heavy atom. The first-order valence-electron chi connectivity index (χ1n) is 7.05. The molecule has 0 aliphatic heterocycles. The molecule has 0 fully saturated rings. The Labute approximate surface area is 136 Å². The van der Waals surface area contributed by atoms with E-state index in [4.69, 9.17) is 0 Å². The molecule has 0 saturated carbocycles. The fraction of sp³-hybridized carbons (Fsp3) is 0.471. The summed E-state index contributed by atoms with van der Waals surface area (Å²) in [5, 5.41) is 4.45. The minimum Gasteiger partial charge on any atom is -0.270 e. The van der Waals surface area contributed by atoms with Gasteiger partial charge in [-0.3, -0.25) is 4.68 Å². The van der Waals surface area contributed by atoms with Gasteiger partial charge >= 0.3 is 0 Å². The molecule has 0 N–H and O–H groups in total. The van der Waals surface area contributed by atoms with Crippen LogP contribution in [-0.4, -0.2) is 9.78 Å². The molecule has 2 aromatic rings. The van der Waals surface area contributed by atoms with Gasteiger partial charge in [0.15, 0.2) is 0 Å². The number of nitrogens with zero attached hydrogens (tertiary/aromatic N) is 2. The molecular weight excluding hydrogens is 427 g/mol. The number of rotatable bonds is 3. The van der Waals surface area contributed by atoms with Gasteiger partial charge < -0.3 is 0 Å². The molecule has 1 aromatic heterocycles. The van der Waals surface area contributed by atoms with E-state index in [1.807, 2.05) is 10.9 Å². The summed E-state index contributed by atoms with van der Waals surface area (Å²) >= 11 is 0. The predicted octanol–water partition coefficient (Wildman–Crippen LogP) is 4.87. The van der Waals surface area contributed by atoms with E-state index >= 15 is 0 Å². The summed E-state index contributed by atoms with van der Waals surface area (Å²) in [5.41, 5.74) is 6.64. The van der Waals surface area contributed by atoms with Crippen LogP contribution in [0.4, 0.5) is 0 Å². The number of benzene rings is 1. The zero-order chi connectivity index (χ0) is 14.2. The van der Waals surface area contributed by atoms with Crippen molar-refractivity contribution in [1.82, 2.24) is 9.78 Å². The fourth-order valence-electron chi connectivity index (χ4n) is 2.54. The third-order valence-corrected chi connectivity index (χ3v) is 3.64. The number of aromatic nitrogens is 2. The maximum Gasteiger partial charge on any atom is 0.0568 e. The average molecular weight is 451 g/mol. The summed E-state index contributed by atoms with van der Waals surface area (Å²) in [7, 11) is 0. The molecule has 0 saturated heterocycles. The van der Waals surface area contributed by atoms with E-state index in [0.29, 0.717) is 12.0 Å². The third kappa shape index (κ3) is 3.41. The fourth-order valence-corrected chi connectivity index (χ4v) is 2.54. The largest absolute Gasteiger partial charge is 0.270 e. The smallest absolute Gasteiger partial charge is 0.0568 e. The molecule has 0 aliphatic rings. The van der Waals surface area contributed by atoms with Gasteiger partial charge in [-0.15, -0.1) is 0 Å². The van der Waals surface area contributed by atoms with Gasteiger partial charge in [-0.2, -0.15) is 5.10 Å². The first-order valence-corrected chi connectivity index (χ1v) is 7.05. The quantitative estimate of drug-likeness (QED) is 0.651. The maximum atomic E-state index is 4.45. The van der Waals surface area contributed by atoms with Crippen molar-refractivity contribution in [3.05, 3.63) is 41.2 Å². The van der Waals surface area contributed by atoms with E-state index < -0.39 is 0 Å². The van der Waals surface area contributed by atoms with Crippen molar-refractivity contribution in [1.29, 1.82) is 0 Å². The second-order valence-corrected chi connectivity index (χ2v) is 5.99. The van der Waals surface area contributed by atoms with Crippen molar-refractivity contribution >= 4 is 0 Å². The predicted molar refractivity (Wildman–Crippen MR) is 81.6 cm³/mol. The molecule has 0 bridgehead atoms. The Kier molecular flexibility index (Phi) is 5.77. The molecule has 20 heavy (non-hydrogen) atoms. The van der Waals surface area contributed by atoms with E-state index in [0.717, 1.165) is 0 Å². The normalized spacial score (nSPS) is 11.0. The van der Waals surface area contributed by atoms with Crippen molar-refractivity contribution in [2.75, 3.05) is 0 Å². The van der Waals surface area contributed by atoms with Crippen LogP contribution < -0.4 is 0 Å². The summed E-state index contributed by atoms with van der Waals surface area (Å²) in [6, 6.07) is 5.02. The molecule has 0 radical (unpaired) electrons. The van der Waals surface area contributed by atoms with Crippen LogP contribution in [0.25, 0.3) is 11.1 Å². The number of hydrogen-bond acceptors (Lipinski definition) is 1. The van der Waals surface area contributed by atoms with Crippen LogP contribution in [0.3, 0.4) is 0 Å². The average Bonchev–Trinajstić information content (AvgIpc) is 2.77. The summed E-state index contributed by atoms with van der Waals surface area (Å²) in [4.78, 5) is 0. The van der Waals surface area contributed by atoms with Crippen LogP contribution in [0.1, 0.15) is 56.3 Å². The second kappa shape index (κ2) is 6.72. The van der Waals surface area contributed by atoms with Crippen LogP contribution in [-0.2, 0) is 21.1 Å². The topological polar surface area (TPSA) is 17.8 Å². The van der Waals surface area contributed by atoms with E-state index in [1.165, 1.54) is 27.8 Å². The van der Waals surface area contributed by atoms with Gasteiger partial charge in [-0.05, 0) is 55.9 Å². The third-order valence-electron chi connectivity index (χ3n) is 3.64. The maximum absolute atomic E-state index is 4.45. The van der Waals surface area contributed by atoms with Crippen molar-refractivity contribution in [2.45, 2.75) is 53.5 Å². The Balaban J connectivity index is 0.00000200. The molecule has 1 aromatic carbocycles. The van der Waals surface area contributed by atoms with Crippen LogP contribution in [0.15, 0.2) is 24.5 Å². The van der Waals surface area contributed by atoms with Gasteiger partial charge in [0.2, 0.25) is 0 Å². The van der Waals surface area contributed by atoms with Crippen molar-refractivity contribution in [2.24, 2.45) is 0 Å². The molecule has 0 unspecified atom stereocenters. The second-order valence-electron chi connectivity index (χ2n) is 5.99. The van der Waals surface area contributed by atoms with E-state index in [1.54, 1.807) is 0 Å². The van der Waals surface area contributed by atoms with Crippen LogP contribution in [0, 0.1) is 13.8 Å². The molecule has 0 aliphatic carbocycles. The van der Waals surface area contributed by atoms with Crippen LogP contribution in [0.5, 0.6) is 0 Å². The first kappa shape index (κ1) is 17.2. The van der Waals surface area contributed by atoms with Crippen LogP contribution in [0.2, 0.25) is 0 Å². The molecule has 112 valence electrons.